The molecule has 2 N–H and O–H groups in total. The molecule has 1 heterocycles. The van der Waals surface area contributed by atoms with Crippen LogP contribution in [0.3, 0.4) is 0 Å². The number of rotatable bonds is 5. The minimum Gasteiger partial charge on any atom is -0.396 e. The Labute approximate surface area is 108 Å². The first-order chi connectivity index (χ1) is 8.69. The zero-order valence-electron chi connectivity index (χ0n) is 9.85. The molecule has 2 rings (SSSR count). The van der Waals surface area contributed by atoms with Gasteiger partial charge in [-0.25, -0.2) is 4.39 Å². The smallest absolute Gasteiger partial charge is 0.162 e. The lowest BCUT2D eigenvalue weighted by Gasteiger charge is -2.01. The van der Waals surface area contributed by atoms with E-state index in [2.05, 4.69) is 5.16 Å². The van der Waals surface area contributed by atoms with Gasteiger partial charge in [0.05, 0.1) is 11.4 Å². The van der Waals surface area contributed by atoms with Crippen LogP contribution in [0.4, 0.5) is 10.1 Å². The van der Waals surface area contributed by atoms with E-state index in [1.807, 2.05) is 6.07 Å². The van der Waals surface area contributed by atoms with Gasteiger partial charge in [0.25, 0.3) is 0 Å². The van der Waals surface area contributed by atoms with Crippen molar-refractivity contribution in [2.75, 3.05) is 12.8 Å². The minimum atomic E-state index is -0.403. The number of thioether (sulfide) groups is 1. The van der Waals surface area contributed by atoms with Crippen molar-refractivity contribution in [1.82, 2.24) is 5.16 Å². The van der Waals surface area contributed by atoms with Crippen molar-refractivity contribution in [2.24, 2.45) is 0 Å². The second-order valence-electron chi connectivity index (χ2n) is 3.69. The van der Waals surface area contributed by atoms with Crippen LogP contribution in [0.1, 0.15) is 11.5 Å². The molecule has 0 spiro atoms. The number of aromatic nitrogens is 1. The van der Waals surface area contributed by atoms with Gasteiger partial charge in [0, 0.05) is 23.8 Å². The molecule has 0 aliphatic carbocycles. The maximum absolute atomic E-state index is 13.2. The molecular weight excluding hydrogens is 255 g/mol. The van der Waals surface area contributed by atoms with Gasteiger partial charge in [-0.05, 0) is 18.2 Å². The monoisotopic (exact) mass is 268 g/mol. The van der Waals surface area contributed by atoms with Crippen LogP contribution in [-0.4, -0.2) is 12.3 Å². The molecule has 4 nitrogen and oxygen atoms in total. The lowest BCUT2D eigenvalue weighted by atomic mass is 10.3. The van der Waals surface area contributed by atoms with Crippen molar-refractivity contribution in [1.29, 1.82) is 0 Å². The second kappa shape index (κ2) is 5.88. The average molecular weight is 268 g/mol. The molecule has 0 unspecified atom stereocenters. The summed E-state index contributed by atoms with van der Waals surface area (Å²) in [6, 6.07) is 6.57. The predicted molar refractivity (Wildman–Crippen MR) is 67.6 cm³/mol. The van der Waals surface area contributed by atoms with Crippen molar-refractivity contribution < 1.29 is 13.7 Å². The predicted octanol–water partition coefficient (Wildman–Crippen LogP) is 2.83. The number of methoxy groups -OCH3 is 1. The molecular formula is C12H13FN2O2S. The summed E-state index contributed by atoms with van der Waals surface area (Å²) in [6.45, 7) is 0.397. The molecule has 2 aromatic rings. The largest absolute Gasteiger partial charge is 0.396 e. The molecule has 0 amide bonds. The number of hydrogen-bond donors (Lipinski definition) is 1. The molecule has 0 bridgehead atoms. The number of nitrogen functional groups attached to an aromatic ring is 1. The van der Waals surface area contributed by atoms with Crippen LogP contribution in [0.15, 0.2) is 33.7 Å². The van der Waals surface area contributed by atoms with E-state index in [1.165, 1.54) is 17.8 Å². The molecule has 0 atom stereocenters. The SMILES string of the molecule is COCc1cc(CSc2ccc(N)c(F)c2)no1. The number of ether oxygens (including phenoxy) is 1. The van der Waals surface area contributed by atoms with Crippen LogP contribution in [0, 0.1) is 5.82 Å². The maximum Gasteiger partial charge on any atom is 0.162 e. The van der Waals surface area contributed by atoms with E-state index in [4.69, 9.17) is 15.0 Å². The summed E-state index contributed by atoms with van der Waals surface area (Å²) in [5, 5.41) is 3.90. The Kier molecular flexibility index (Phi) is 4.22. The topological polar surface area (TPSA) is 61.3 Å². The Hall–Kier alpha value is -1.53. The highest BCUT2D eigenvalue weighted by atomic mass is 32.2. The van der Waals surface area contributed by atoms with Crippen LogP contribution in [0.25, 0.3) is 0 Å². The molecule has 6 heteroatoms. The van der Waals surface area contributed by atoms with Gasteiger partial charge in [0.1, 0.15) is 12.4 Å². The van der Waals surface area contributed by atoms with Crippen molar-refractivity contribution in [3.63, 3.8) is 0 Å². The third kappa shape index (κ3) is 3.24. The highest BCUT2D eigenvalue weighted by Gasteiger charge is 2.06. The molecule has 96 valence electrons. The van der Waals surface area contributed by atoms with E-state index in [0.717, 1.165) is 10.6 Å². The third-order valence-electron chi connectivity index (χ3n) is 2.25. The number of hydrogen-bond acceptors (Lipinski definition) is 5. The quantitative estimate of drug-likeness (QED) is 0.667. The van der Waals surface area contributed by atoms with E-state index < -0.39 is 5.82 Å². The molecule has 18 heavy (non-hydrogen) atoms. The van der Waals surface area contributed by atoms with Crippen molar-refractivity contribution in [3.05, 3.63) is 41.5 Å². The Bertz CT molecular complexity index is 531. The van der Waals surface area contributed by atoms with Crippen LogP contribution in [0.5, 0.6) is 0 Å². The van der Waals surface area contributed by atoms with E-state index >= 15 is 0 Å². The van der Waals surface area contributed by atoms with Gasteiger partial charge in [-0.2, -0.15) is 0 Å². The van der Waals surface area contributed by atoms with Crippen molar-refractivity contribution in [2.45, 2.75) is 17.3 Å². The summed E-state index contributed by atoms with van der Waals surface area (Å²) in [6.07, 6.45) is 0. The second-order valence-corrected chi connectivity index (χ2v) is 4.74. The zero-order valence-corrected chi connectivity index (χ0v) is 10.7. The molecule has 0 saturated carbocycles. The van der Waals surface area contributed by atoms with Crippen LogP contribution < -0.4 is 5.73 Å². The maximum atomic E-state index is 13.2. The van der Waals surface area contributed by atoms with Crippen LogP contribution in [0.2, 0.25) is 0 Å². The van der Waals surface area contributed by atoms with Gasteiger partial charge in [-0.1, -0.05) is 5.16 Å². The van der Waals surface area contributed by atoms with Crippen molar-refractivity contribution in [3.8, 4) is 0 Å². The molecule has 0 saturated heterocycles. The summed E-state index contributed by atoms with van der Waals surface area (Å²) in [7, 11) is 1.59. The van der Waals surface area contributed by atoms with Crippen molar-refractivity contribution >= 4 is 17.4 Å². The highest BCUT2D eigenvalue weighted by molar-refractivity contribution is 7.98. The van der Waals surface area contributed by atoms with E-state index in [-0.39, 0.29) is 5.69 Å². The number of anilines is 1. The lowest BCUT2D eigenvalue weighted by Crippen LogP contribution is -1.90. The minimum absolute atomic E-state index is 0.156. The molecule has 1 aromatic heterocycles. The van der Waals surface area contributed by atoms with Gasteiger partial charge in [-0.15, -0.1) is 11.8 Å². The standard InChI is InChI=1S/C12H13FN2O2S/c1-16-6-9-4-8(15-17-9)7-18-10-2-3-12(14)11(13)5-10/h2-5H,6-7,14H2,1H3. The fourth-order valence-electron chi connectivity index (χ4n) is 1.39. The first kappa shape index (κ1) is 12.9. The zero-order chi connectivity index (χ0) is 13.0. The van der Waals surface area contributed by atoms with E-state index in [9.17, 15) is 4.39 Å². The van der Waals surface area contributed by atoms with Crippen LogP contribution >= 0.6 is 11.8 Å². The number of nitrogens with zero attached hydrogens (tertiary/aromatic N) is 1. The summed E-state index contributed by atoms with van der Waals surface area (Å²) in [4.78, 5) is 0.804. The van der Waals surface area contributed by atoms with Gasteiger partial charge in [-0.3, -0.25) is 0 Å². The van der Waals surface area contributed by atoms with Gasteiger partial charge >= 0.3 is 0 Å². The van der Waals surface area contributed by atoms with Crippen LogP contribution in [-0.2, 0) is 17.1 Å². The van der Waals surface area contributed by atoms with Gasteiger partial charge in [0.2, 0.25) is 0 Å². The van der Waals surface area contributed by atoms with Gasteiger partial charge < -0.3 is 15.0 Å². The highest BCUT2D eigenvalue weighted by Crippen LogP contribution is 2.25. The van der Waals surface area contributed by atoms with E-state index in [0.29, 0.717) is 18.1 Å². The number of nitrogens with two attached hydrogens (primary N) is 1. The fourth-order valence-corrected chi connectivity index (χ4v) is 2.19. The first-order valence-electron chi connectivity index (χ1n) is 5.30. The lowest BCUT2D eigenvalue weighted by molar-refractivity contribution is 0.156. The normalized spacial score (nSPS) is 10.8. The molecule has 0 fully saturated rings. The van der Waals surface area contributed by atoms with Gasteiger partial charge in [0.15, 0.2) is 5.76 Å². The average Bonchev–Trinajstić information content (AvgIpc) is 2.79. The Morgan fingerprint density at radius 3 is 3.00 bits per heavy atom. The summed E-state index contributed by atoms with van der Waals surface area (Å²) in [5.41, 5.74) is 6.36. The Morgan fingerprint density at radius 1 is 1.44 bits per heavy atom. The first-order valence-corrected chi connectivity index (χ1v) is 6.29. The molecule has 0 aliphatic rings. The number of benzene rings is 1. The molecule has 0 aliphatic heterocycles. The van der Waals surface area contributed by atoms with E-state index in [1.54, 1.807) is 19.2 Å². The summed E-state index contributed by atoms with van der Waals surface area (Å²) < 4.78 is 23.2. The number of halogens is 1. The summed E-state index contributed by atoms with van der Waals surface area (Å²) >= 11 is 1.47. The fraction of sp³-hybridized carbons (Fsp3) is 0.250. The Balaban J connectivity index is 1.95. The third-order valence-corrected chi connectivity index (χ3v) is 3.28. The molecule has 1 aromatic carbocycles. The molecule has 0 radical (unpaired) electrons. The Morgan fingerprint density at radius 2 is 2.28 bits per heavy atom. The summed E-state index contributed by atoms with van der Waals surface area (Å²) in [5.74, 6) is 0.883.